The van der Waals surface area contributed by atoms with E-state index in [1.165, 1.54) is 18.4 Å². The number of anilines is 2. The molecule has 1 saturated carbocycles. The Labute approximate surface area is 166 Å². The third kappa shape index (κ3) is 3.94. The van der Waals surface area contributed by atoms with E-state index >= 15 is 0 Å². The van der Waals surface area contributed by atoms with Crippen molar-refractivity contribution in [2.24, 2.45) is 0 Å². The summed E-state index contributed by atoms with van der Waals surface area (Å²) in [5.41, 5.74) is 3.36. The van der Waals surface area contributed by atoms with Gasteiger partial charge in [0.05, 0.1) is 11.0 Å². The molecular weight excluding hydrogens is 346 g/mol. The van der Waals surface area contributed by atoms with E-state index in [9.17, 15) is 0 Å². The molecular formula is C23H27N5. The number of fused-ring (bicyclic) bond motifs is 1. The fourth-order valence-electron chi connectivity index (χ4n) is 3.84. The van der Waals surface area contributed by atoms with Crippen LogP contribution in [0.4, 0.5) is 11.6 Å². The van der Waals surface area contributed by atoms with Crippen molar-refractivity contribution in [3.05, 3.63) is 60.2 Å². The average Bonchev–Trinajstić information content (AvgIpc) is 3.57. The van der Waals surface area contributed by atoms with E-state index in [0.29, 0.717) is 6.04 Å². The van der Waals surface area contributed by atoms with Gasteiger partial charge in [0.1, 0.15) is 0 Å². The van der Waals surface area contributed by atoms with Gasteiger partial charge in [-0.25, -0.2) is 9.97 Å². The van der Waals surface area contributed by atoms with Crippen molar-refractivity contribution in [3.8, 4) is 0 Å². The maximum Gasteiger partial charge on any atom is 0.172 e. The Morgan fingerprint density at radius 2 is 1.50 bits per heavy atom. The smallest absolute Gasteiger partial charge is 0.172 e. The number of nitrogens with one attached hydrogen (secondary N) is 1. The molecule has 2 aromatic carbocycles. The van der Waals surface area contributed by atoms with Gasteiger partial charge in [0.25, 0.3) is 0 Å². The highest BCUT2D eigenvalue weighted by Gasteiger charge is 2.26. The van der Waals surface area contributed by atoms with Gasteiger partial charge >= 0.3 is 0 Å². The van der Waals surface area contributed by atoms with Crippen LogP contribution in [0.2, 0.25) is 0 Å². The first-order valence-corrected chi connectivity index (χ1v) is 10.4. The van der Waals surface area contributed by atoms with E-state index in [0.717, 1.165) is 61.8 Å². The summed E-state index contributed by atoms with van der Waals surface area (Å²) in [6.07, 6.45) is 3.59. The normalized spacial score (nSPS) is 17.8. The lowest BCUT2D eigenvalue weighted by atomic mass is 10.1. The monoisotopic (exact) mass is 373 g/mol. The van der Waals surface area contributed by atoms with E-state index in [4.69, 9.17) is 9.97 Å². The molecule has 0 amide bonds. The van der Waals surface area contributed by atoms with Crippen LogP contribution in [-0.2, 0) is 6.42 Å². The number of para-hydroxylation sites is 2. The van der Waals surface area contributed by atoms with Crippen LogP contribution in [0.25, 0.3) is 11.0 Å². The van der Waals surface area contributed by atoms with Gasteiger partial charge in [0, 0.05) is 38.8 Å². The zero-order chi connectivity index (χ0) is 18.8. The van der Waals surface area contributed by atoms with Crippen molar-refractivity contribution in [1.82, 2.24) is 14.9 Å². The van der Waals surface area contributed by atoms with Crippen LogP contribution in [0, 0.1) is 0 Å². The third-order valence-electron chi connectivity index (χ3n) is 5.70. The SMILES string of the molecule is c1ccc(CCN2CCN(c3nc4ccccc4nc3NC3CC3)CC2)cc1. The molecule has 1 aliphatic heterocycles. The van der Waals surface area contributed by atoms with E-state index in [1.54, 1.807) is 0 Å². The molecule has 5 nitrogen and oxygen atoms in total. The number of piperazine rings is 1. The molecule has 0 radical (unpaired) electrons. The molecule has 2 aliphatic rings. The van der Waals surface area contributed by atoms with Gasteiger partial charge in [-0.3, -0.25) is 4.90 Å². The standard InChI is InChI=1S/C23H27N5/c1-2-6-18(7-3-1)12-13-27-14-16-28(17-15-27)23-22(24-19-10-11-19)25-20-8-4-5-9-21(20)26-23/h1-9,19H,10-17H2,(H,24,25). The zero-order valence-electron chi connectivity index (χ0n) is 16.2. The van der Waals surface area contributed by atoms with Crippen molar-refractivity contribution in [2.45, 2.75) is 25.3 Å². The number of nitrogens with zero attached hydrogens (tertiary/aromatic N) is 4. The highest BCUT2D eigenvalue weighted by Crippen LogP contribution is 2.31. The van der Waals surface area contributed by atoms with E-state index in [1.807, 2.05) is 18.2 Å². The topological polar surface area (TPSA) is 44.3 Å². The molecule has 5 rings (SSSR count). The van der Waals surface area contributed by atoms with Gasteiger partial charge in [-0.2, -0.15) is 0 Å². The summed E-state index contributed by atoms with van der Waals surface area (Å²) < 4.78 is 0. The van der Waals surface area contributed by atoms with Crippen LogP contribution in [0.3, 0.4) is 0 Å². The predicted molar refractivity (Wildman–Crippen MR) is 115 cm³/mol. The summed E-state index contributed by atoms with van der Waals surface area (Å²) in [7, 11) is 0. The molecule has 144 valence electrons. The van der Waals surface area contributed by atoms with Crippen LogP contribution in [0.5, 0.6) is 0 Å². The fraction of sp³-hybridized carbons (Fsp3) is 0.391. The maximum absolute atomic E-state index is 4.98. The van der Waals surface area contributed by atoms with E-state index in [2.05, 4.69) is 51.5 Å². The minimum atomic E-state index is 0.571. The lowest BCUT2D eigenvalue weighted by molar-refractivity contribution is 0.260. The number of hydrogen-bond donors (Lipinski definition) is 1. The van der Waals surface area contributed by atoms with Gasteiger partial charge < -0.3 is 10.2 Å². The highest BCUT2D eigenvalue weighted by molar-refractivity contribution is 5.80. The quantitative estimate of drug-likeness (QED) is 0.716. The van der Waals surface area contributed by atoms with Gasteiger partial charge in [0.15, 0.2) is 11.6 Å². The second-order valence-corrected chi connectivity index (χ2v) is 7.87. The molecule has 1 N–H and O–H groups in total. The van der Waals surface area contributed by atoms with Crippen molar-refractivity contribution in [2.75, 3.05) is 42.9 Å². The molecule has 0 spiro atoms. The Hall–Kier alpha value is -2.66. The third-order valence-corrected chi connectivity index (χ3v) is 5.70. The van der Waals surface area contributed by atoms with E-state index < -0.39 is 0 Å². The summed E-state index contributed by atoms with van der Waals surface area (Å²) in [6.45, 7) is 5.27. The first kappa shape index (κ1) is 17.4. The minimum absolute atomic E-state index is 0.571. The average molecular weight is 374 g/mol. The molecule has 5 heteroatoms. The minimum Gasteiger partial charge on any atom is -0.364 e. The molecule has 0 bridgehead atoms. The lowest BCUT2D eigenvalue weighted by Gasteiger charge is -2.36. The summed E-state index contributed by atoms with van der Waals surface area (Å²) >= 11 is 0. The number of hydrogen-bond acceptors (Lipinski definition) is 5. The molecule has 2 heterocycles. The Balaban J connectivity index is 1.28. The first-order valence-electron chi connectivity index (χ1n) is 10.4. The molecule has 1 aromatic heterocycles. The van der Waals surface area contributed by atoms with Gasteiger partial charge in [0.2, 0.25) is 0 Å². The highest BCUT2D eigenvalue weighted by atomic mass is 15.3. The summed E-state index contributed by atoms with van der Waals surface area (Å²) in [5.74, 6) is 1.98. The molecule has 28 heavy (non-hydrogen) atoms. The van der Waals surface area contributed by atoms with Gasteiger partial charge in [-0.1, -0.05) is 42.5 Å². The van der Waals surface area contributed by atoms with Crippen LogP contribution in [0.1, 0.15) is 18.4 Å². The predicted octanol–water partition coefficient (Wildman–Crippen LogP) is 3.57. The Morgan fingerprint density at radius 3 is 2.21 bits per heavy atom. The molecule has 3 aromatic rings. The second-order valence-electron chi connectivity index (χ2n) is 7.87. The van der Waals surface area contributed by atoms with Crippen LogP contribution < -0.4 is 10.2 Å². The maximum atomic E-state index is 4.98. The lowest BCUT2D eigenvalue weighted by Crippen LogP contribution is -2.47. The Kier molecular flexibility index (Phi) is 4.83. The van der Waals surface area contributed by atoms with Crippen LogP contribution in [-0.4, -0.2) is 53.6 Å². The largest absolute Gasteiger partial charge is 0.364 e. The molecule has 0 unspecified atom stereocenters. The van der Waals surface area contributed by atoms with Crippen molar-refractivity contribution >= 4 is 22.7 Å². The van der Waals surface area contributed by atoms with Crippen molar-refractivity contribution in [1.29, 1.82) is 0 Å². The Bertz CT molecular complexity index is 930. The van der Waals surface area contributed by atoms with Gasteiger partial charge in [-0.15, -0.1) is 0 Å². The zero-order valence-corrected chi connectivity index (χ0v) is 16.2. The van der Waals surface area contributed by atoms with Crippen LogP contribution >= 0.6 is 0 Å². The summed E-state index contributed by atoms with van der Waals surface area (Å²) in [4.78, 5) is 14.8. The first-order chi connectivity index (χ1) is 13.8. The molecule has 1 aliphatic carbocycles. The van der Waals surface area contributed by atoms with Crippen LogP contribution in [0.15, 0.2) is 54.6 Å². The van der Waals surface area contributed by atoms with Crippen molar-refractivity contribution < 1.29 is 0 Å². The Morgan fingerprint density at radius 1 is 0.821 bits per heavy atom. The fourth-order valence-corrected chi connectivity index (χ4v) is 3.84. The summed E-state index contributed by atoms with van der Waals surface area (Å²) in [6, 6.07) is 19.5. The van der Waals surface area contributed by atoms with Gasteiger partial charge in [-0.05, 0) is 37.0 Å². The van der Waals surface area contributed by atoms with Crippen molar-refractivity contribution in [3.63, 3.8) is 0 Å². The van der Waals surface area contributed by atoms with E-state index in [-0.39, 0.29) is 0 Å². The molecule has 1 saturated heterocycles. The molecule has 2 fully saturated rings. The molecule has 0 atom stereocenters. The number of rotatable bonds is 6. The summed E-state index contributed by atoms with van der Waals surface area (Å²) in [5, 5.41) is 3.60. The number of benzene rings is 2. The second kappa shape index (κ2) is 7.76. The number of aromatic nitrogens is 2.